The van der Waals surface area contributed by atoms with Crippen LogP contribution in [-0.4, -0.2) is 5.75 Å². The first-order valence-electron chi connectivity index (χ1n) is 4.49. The standard InChI is InChI=1S/C10H16S2/c1-4-6-9-7-12-10(8(9)3)11-5-2/h7H,4-6H2,1-3H3. The van der Waals surface area contributed by atoms with Crippen LogP contribution in [0.15, 0.2) is 9.59 Å². The second-order valence-electron chi connectivity index (χ2n) is 2.86. The molecule has 0 bridgehead atoms. The third-order valence-corrected chi connectivity index (χ3v) is 4.31. The van der Waals surface area contributed by atoms with Crippen LogP contribution in [0.1, 0.15) is 31.4 Å². The highest BCUT2D eigenvalue weighted by Gasteiger charge is 2.05. The molecule has 0 aliphatic carbocycles. The highest BCUT2D eigenvalue weighted by atomic mass is 32.2. The van der Waals surface area contributed by atoms with Crippen LogP contribution in [0.2, 0.25) is 0 Å². The lowest BCUT2D eigenvalue weighted by Gasteiger charge is -1.98. The summed E-state index contributed by atoms with van der Waals surface area (Å²) in [5, 5.41) is 2.32. The molecule has 12 heavy (non-hydrogen) atoms. The second-order valence-corrected chi connectivity index (χ2v) is 5.27. The van der Waals surface area contributed by atoms with Gasteiger partial charge in [-0.1, -0.05) is 20.3 Å². The van der Waals surface area contributed by atoms with Crippen LogP contribution < -0.4 is 0 Å². The maximum absolute atomic E-state index is 2.32. The van der Waals surface area contributed by atoms with E-state index in [2.05, 4.69) is 26.2 Å². The van der Waals surface area contributed by atoms with Gasteiger partial charge in [-0.3, -0.25) is 0 Å². The number of hydrogen-bond acceptors (Lipinski definition) is 2. The van der Waals surface area contributed by atoms with Crippen LogP contribution in [0, 0.1) is 6.92 Å². The molecule has 0 nitrogen and oxygen atoms in total. The van der Waals surface area contributed by atoms with E-state index in [9.17, 15) is 0 Å². The van der Waals surface area contributed by atoms with Gasteiger partial charge in [0.1, 0.15) is 0 Å². The van der Waals surface area contributed by atoms with Crippen molar-refractivity contribution in [3.63, 3.8) is 0 Å². The predicted molar refractivity (Wildman–Crippen MR) is 59.4 cm³/mol. The number of thiophene rings is 1. The maximum atomic E-state index is 2.32. The number of rotatable bonds is 4. The third kappa shape index (κ3) is 2.27. The number of aryl methyl sites for hydroxylation is 1. The van der Waals surface area contributed by atoms with Gasteiger partial charge in [-0.05, 0) is 35.6 Å². The molecule has 1 heterocycles. The molecule has 68 valence electrons. The molecule has 0 unspecified atom stereocenters. The highest BCUT2D eigenvalue weighted by molar-refractivity contribution is 8.01. The highest BCUT2D eigenvalue weighted by Crippen LogP contribution is 2.31. The lowest BCUT2D eigenvalue weighted by Crippen LogP contribution is -1.82. The van der Waals surface area contributed by atoms with Gasteiger partial charge in [-0.25, -0.2) is 0 Å². The molecule has 1 aromatic heterocycles. The Balaban J connectivity index is 2.74. The van der Waals surface area contributed by atoms with Crippen LogP contribution in [0.4, 0.5) is 0 Å². The average molecular weight is 200 g/mol. The lowest BCUT2D eigenvalue weighted by atomic mass is 10.1. The summed E-state index contributed by atoms with van der Waals surface area (Å²) in [5.41, 5.74) is 3.08. The van der Waals surface area contributed by atoms with Gasteiger partial charge in [0, 0.05) is 0 Å². The van der Waals surface area contributed by atoms with Crippen molar-refractivity contribution in [1.82, 2.24) is 0 Å². The fourth-order valence-electron chi connectivity index (χ4n) is 1.22. The molecule has 1 aromatic rings. The zero-order chi connectivity index (χ0) is 8.97. The molecule has 0 radical (unpaired) electrons. The minimum atomic E-state index is 1.19. The zero-order valence-corrected chi connectivity index (χ0v) is 9.65. The van der Waals surface area contributed by atoms with E-state index in [-0.39, 0.29) is 0 Å². The Morgan fingerprint density at radius 2 is 2.17 bits per heavy atom. The topological polar surface area (TPSA) is 0 Å². The van der Waals surface area contributed by atoms with Crippen LogP contribution in [0.5, 0.6) is 0 Å². The average Bonchev–Trinajstić information content (AvgIpc) is 2.38. The van der Waals surface area contributed by atoms with E-state index in [0.717, 1.165) is 0 Å². The largest absolute Gasteiger partial charge is 0.137 e. The van der Waals surface area contributed by atoms with Gasteiger partial charge >= 0.3 is 0 Å². The van der Waals surface area contributed by atoms with Gasteiger partial charge < -0.3 is 0 Å². The molecular formula is C10H16S2. The summed E-state index contributed by atoms with van der Waals surface area (Å²) in [5.74, 6) is 1.19. The quantitative estimate of drug-likeness (QED) is 0.659. The summed E-state index contributed by atoms with van der Waals surface area (Å²) >= 11 is 3.87. The molecule has 0 fully saturated rings. The Morgan fingerprint density at radius 1 is 1.42 bits per heavy atom. The molecule has 0 aromatic carbocycles. The van der Waals surface area contributed by atoms with Gasteiger partial charge in [0.25, 0.3) is 0 Å². The van der Waals surface area contributed by atoms with E-state index in [4.69, 9.17) is 0 Å². The minimum absolute atomic E-state index is 1.19. The van der Waals surface area contributed by atoms with Crippen molar-refractivity contribution >= 4 is 23.1 Å². The zero-order valence-electron chi connectivity index (χ0n) is 8.02. The van der Waals surface area contributed by atoms with Crippen molar-refractivity contribution in [3.8, 4) is 0 Å². The molecule has 0 atom stereocenters. The number of thioether (sulfide) groups is 1. The summed E-state index contributed by atoms with van der Waals surface area (Å²) in [6, 6.07) is 0. The summed E-state index contributed by atoms with van der Waals surface area (Å²) in [6.07, 6.45) is 2.50. The lowest BCUT2D eigenvalue weighted by molar-refractivity contribution is 0.915. The van der Waals surface area contributed by atoms with Gasteiger partial charge in [-0.2, -0.15) is 0 Å². The Morgan fingerprint density at radius 3 is 2.75 bits per heavy atom. The Hall–Kier alpha value is 0.0500. The summed E-state index contributed by atoms with van der Waals surface area (Å²) < 4.78 is 1.51. The number of hydrogen-bond donors (Lipinski definition) is 0. The summed E-state index contributed by atoms with van der Waals surface area (Å²) in [4.78, 5) is 0. The van der Waals surface area contributed by atoms with Crippen LogP contribution in [0.3, 0.4) is 0 Å². The Labute approximate surface area is 83.4 Å². The third-order valence-electron chi connectivity index (χ3n) is 1.89. The summed E-state index contributed by atoms with van der Waals surface area (Å²) in [6.45, 7) is 6.70. The van der Waals surface area contributed by atoms with E-state index in [1.54, 1.807) is 5.56 Å². The smallest absolute Gasteiger partial charge is 0.0630 e. The minimum Gasteiger partial charge on any atom is -0.137 e. The van der Waals surface area contributed by atoms with E-state index in [0.29, 0.717) is 0 Å². The molecule has 0 saturated carbocycles. The first-order chi connectivity index (χ1) is 5.79. The molecule has 0 aliphatic rings. The molecule has 0 saturated heterocycles. The van der Waals surface area contributed by atoms with Gasteiger partial charge in [0.2, 0.25) is 0 Å². The SMILES string of the molecule is CCCc1csc(SCC)c1C. The predicted octanol–water partition coefficient (Wildman–Crippen LogP) is 4.12. The first-order valence-corrected chi connectivity index (χ1v) is 6.35. The molecule has 0 aliphatic heterocycles. The van der Waals surface area contributed by atoms with Crippen molar-refractivity contribution < 1.29 is 0 Å². The van der Waals surface area contributed by atoms with Crippen molar-refractivity contribution in [2.75, 3.05) is 5.75 Å². The Bertz CT molecular complexity index is 214. The van der Waals surface area contributed by atoms with Crippen LogP contribution in [0.25, 0.3) is 0 Å². The van der Waals surface area contributed by atoms with E-state index in [1.165, 1.54) is 28.4 Å². The van der Waals surface area contributed by atoms with Crippen molar-refractivity contribution in [2.24, 2.45) is 0 Å². The normalized spacial score (nSPS) is 10.6. The van der Waals surface area contributed by atoms with Crippen molar-refractivity contribution in [1.29, 1.82) is 0 Å². The molecule has 1 rings (SSSR count). The molecule has 0 N–H and O–H groups in total. The van der Waals surface area contributed by atoms with E-state index >= 15 is 0 Å². The monoisotopic (exact) mass is 200 g/mol. The fourth-order valence-corrected chi connectivity index (χ4v) is 3.45. The van der Waals surface area contributed by atoms with E-state index in [1.807, 2.05) is 23.1 Å². The van der Waals surface area contributed by atoms with Gasteiger partial charge in [0.15, 0.2) is 0 Å². The van der Waals surface area contributed by atoms with Crippen LogP contribution in [-0.2, 0) is 6.42 Å². The van der Waals surface area contributed by atoms with E-state index < -0.39 is 0 Å². The molecule has 0 spiro atoms. The van der Waals surface area contributed by atoms with Gasteiger partial charge in [0.05, 0.1) is 4.21 Å². The maximum Gasteiger partial charge on any atom is 0.0630 e. The van der Waals surface area contributed by atoms with Gasteiger partial charge in [-0.15, -0.1) is 23.1 Å². The van der Waals surface area contributed by atoms with Crippen molar-refractivity contribution in [3.05, 3.63) is 16.5 Å². The molecule has 2 heteroatoms. The first kappa shape index (κ1) is 10.1. The molecular weight excluding hydrogens is 184 g/mol. The Kier molecular flexibility index (Phi) is 4.16. The van der Waals surface area contributed by atoms with Crippen LogP contribution >= 0.6 is 23.1 Å². The van der Waals surface area contributed by atoms with Crippen molar-refractivity contribution in [2.45, 2.75) is 37.8 Å². The second kappa shape index (κ2) is 4.93. The summed E-state index contributed by atoms with van der Waals surface area (Å²) in [7, 11) is 0. The molecule has 0 amide bonds. The fraction of sp³-hybridized carbons (Fsp3) is 0.600.